The maximum atomic E-state index is 5.04. The zero-order valence-electron chi connectivity index (χ0n) is 10.1. The Morgan fingerprint density at radius 2 is 1.06 bits per heavy atom. The van der Waals surface area contributed by atoms with Gasteiger partial charge in [-0.15, -0.1) is 0 Å². The van der Waals surface area contributed by atoms with Crippen LogP contribution in [0.25, 0.3) is 0 Å². The van der Waals surface area contributed by atoms with Crippen molar-refractivity contribution >= 4 is 0 Å². The van der Waals surface area contributed by atoms with Gasteiger partial charge in [0, 0.05) is 27.1 Å². The van der Waals surface area contributed by atoms with Gasteiger partial charge < -0.3 is 45.8 Å². The van der Waals surface area contributed by atoms with E-state index in [0.29, 0.717) is 24.3 Å². The Morgan fingerprint density at radius 3 is 1.06 bits per heavy atom. The van der Waals surface area contributed by atoms with E-state index >= 15 is 0 Å². The van der Waals surface area contributed by atoms with Gasteiger partial charge in [-0.2, -0.15) is 0 Å². The summed E-state index contributed by atoms with van der Waals surface area (Å²) in [5.74, 6) is 0. The Morgan fingerprint density at radius 1 is 0.750 bits per heavy atom. The lowest BCUT2D eigenvalue weighted by atomic mass is 9.90. The zero-order valence-corrected chi connectivity index (χ0v) is 11.6. The van der Waals surface area contributed by atoms with Crippen LogP contribution in [0.1, 0.15) is 25.7 Å². The van der Waals surface area contributed by atoms with E-state index in [2.05, 4.69) is 11.5 Å². The molecular weight excluding hydrogens is 251 g/mol. The number of methoxy groups -OCH3 is 2. The topological polar surface area (TPSA) is 73.7 Å². The van der Waals surface area contributed by atoms with E-state index in [4.69, 9.17) is 9.47 Å². The van der Waals surface area contributed by atoms with Crippen molar-refractivity contribution in [2.75, 3.05) is 14.2 Å². The minimum absolute atomic E-state index is 0. The number of ether oxygens (including phenoxy) is 2. The molecule has 6 N–H and O–H groups in total. The monoisotopic (exact) mass is 274 g/mol. The molecule has 0 saturated heterocycles. The molecule has 2 rings (SSSR count). The lowest BCUT2D eigenvalue weighted by Crippen LogP contribution is -3.00. The molecule has 0 aromatic heterocycles. The molecular formula is C10H24Cl2N2O2. The normalized spacial score (nSPS) is 35.2. The first-order valence-electron chi connectivity index (χ1n) is 5.40. The number of halogens is 2. The summed E-state index contributed by atoms with van der Waals surface area (Å²) >= 11 is 0. The fourth-order valence-electron chi connectivity index (χ4n) is 1.70. The van der Waals surface area contributed by atoms with Crippen molar-refractivity contribution in [3.63, 3.8) is 0 Å². The number of hydrogen-bond donors (Lipinski definition) is 2. The molecule has 4 atom stereocenters. The van der Waals surface area contributed by atoms with Crippen LogP contribution in [0.3, 0.4) is 0 Å². The molecule has 6 heteroatoms. The maximum absolute atomic E-state index is 5.04. The van der Waals surface area contributed by atoms with E-state index in [1.807, 2.05) is 0 Å². The summed E-state index contributed by atoms with van der Waals surface area (Å²) in [7, 11) is 3.50. The predicted octanol–water partition coefficient (Wildman–Crippen LogP) is -7.18. The second-order valence-electron chi connectivity index (χ2n) is 4.22. The van der Waals surface area contributed by atoms with E-state index in [1.54, 1.807) is 14.2 Å². The standard InChI is InChI=1S/2C5H11NO.2ClH/c2*1-7-5-3-2-4(5)6;;/h2*4-5H,2-3,6H2,1H3;2*1H/t4-,5+;4-,5-;;/m00../s1. The lowest BCUT2D eigenvalue weighted by molar-refractivity contribution is -0.460. The third-order valence-corrected chi connectivity index (χ3v) is 3.30. The van der Waals surface area contributed by atoms with Gasteiger partial charge in [0.2, 0.25) is 0 Å². The molecule has 2 aliphatic carbocycles. The Kier molecular flexibility index (Phi) is 11.1. The quantitative estimate of drug-likeness (QED) is 0.525. The second kappa shape index (κ2) is 9.45. The van der Waals surface area contributed by atoms with Gasteiger partial charge in [0.25, 0.3) is 0 Å². The molecule has 0 unspecified atom stereocenters. The average Bonchev–Trinajstić information content (AvgIpc) is 2.16. The van der Waals surface area contributed by atoms with E-state index in [1.165, 1.54) is 25.7 Å². The number of quaternary nitrogens is 2. The molecule has 16 heavy (non-hydrogen) atoms. The van der Waals surface area contributed by atoms with E-state index in [9.17, 15) is 0 Å². The first-order valence-corrected chi connectivity index (χ1v) is 5.40. The molecule has 0 amide bonds. The van der Waals surface area contributed by atoms with Crippen molar-refractivity contribution in [3.05, 3.63) is 0 Å². The predicted molar refractivity (Wildman–Crippen MR) is 53.4 cm³/mol. The Labute approximate surface area is 110 Å². The maximum Gasteiger partial charge on any atom is 0.111 e. The molecule has 0 radical (unpaired) electrons. The zero-order chi connectivity index (χ0) is 10.6. The molecule has 0 bridgehead atoms. The summed E-state index contributed by atoms with van der Waals surface area (Å²) in [6.07, 6.45) is 5.87. The molecule has 2 aliphatic rings. The Hall–Kier alpha value is 0.420. The van der Waals surface area contributed by atoms with Crippen LogP contribution in [0.2, 0.25) is 0 Å². The summed E-state index contributed by atoms with van der Waals surface area (Å²) in [6.45, 7) is 0. The highest BCUT2D eigenvalue weighted by Crippen LogP contribution is 2.18. The van der Waals surface area contributed by atoms with Gasteiger partial charge in [-0.3, -0.25) is 0 Å². The summed E-state index contributed by atoms with van der Waals surface area (Å²) in [5.41, 5.74) is 7.74. The van der Waals surface area contributed by atoms with Gasteiger partial charge in [0.05, 0.1) is 0 Å². The highest BCUT2D eigenvalue weighted by atomic mass is 35.5. The first-order chi connectivity index (χ1) is 6.69. The van der Waals surface area contributed by atoms with Gasteiger partial charge in [-0.05, 0) is 12.8 Å². The van der Waals surface area contributed by atoms with Crippen molar-refractivity contribution in [2.45, 2.75) is 50.0 Å². The van der Waals surface area contributed by atoms with Crippen LogP contribution in [0, 0.1) is 0 Å². The smallest absolute Gasteiger partial charge is 0.111 e. The van der Waals surface area contributed by atoms with Gasteiger partial charge in [0.1, 0.15) is 24.3 Å². The van der Waals surface area contributed by atoms with Crippen LogP contribution in [0.5, 0.6) is 0 Å². The van der Waals surface area contributed by atoms with Gasteiger partial charge in [0.15, 0.2) is 0 Å². The van der Waals surface area contributed by atoms with Crippen LogP contribution in [-0.4, -0.2) is 38.5 Å². The SMILES string of the molecule is CO[C@@H]1CC[C@@H]1[NH3+].CO[C@H]1CC[C@@H]1[NH3+].[Cl-].[Cl-]. The lowest BCUT2D eigenvalue weighted by Gasteiger charge is -2.28. The Balaban J connectivity index is 0. The van der Waals surface area contributed by atoms with Crippen molar-refractivity contribution in [1.29, 1.82) is 0 Å². The van der Waals surface area contributed by atoms with E-state index < -0.39 is 0 Å². The fraction of sp³-hybridized carbons (Fsp3) is 1.00. The van der Waals surface area contributed by atoms with Crippen LogP contribution in [0.4, 0.5) is 0 Å². The van der Waals surface area contributed by atoms with Gasteiger partial charge in [-0.25, -0.2) is 0 Å². The van der Waals surface area contributed by atoms with Crippen molar-refractivity contribution in [3.8, 4) is 0 Å². The average molecular weight is 275 g/mol. The molecule has 4 nitrogen and oxygen atoms in total. The summed E-state index contributed by atoms with van der Waals surface area (Å²) in [5, 5.41) is 0. The van der Waals surface area contributed by atoms with Gasteiger partial charge in [-0.1, -0.05) is 0 Å². The third kappa shape index (κ3) is 5.17. The van der Waals surface area contributed by atoms with E-state index in [-0.39, 0.29) is 24.8 Å². The molecule has 100 valence electrons. The molecule has 0 aromatic rings. The second-order valence-corrected chi connectivity index (χ2v) is 4.22. The highest BCUT2D eigenvalue weighted by molar-refractivity contribution is 4.79. The minimum Gasteiger partial charge on any atom is -1.00 e. The van der Waals surface area contributed by atoms with Crippen LogP contribution < -0.4 is 36.3 Å². The third-order valence-electron chi connectivity index (χ3n) is 3.30. The molecule has 2 saturated carbocycles. The first kappa shape index (κ1) is 18.8. The van der Waals surface area contributed by atoms with Crippen LogP contribution in [-0.2, 0) is 9.47 Å². The van der Waals surface area contributed by atoms with Gasteiger partial charge >= 0.3 is 0 Å². The molecule has 2 fully saturated rings. The van der Waals surface area contributed by atoms with E-state index in [0.717, 1.165) is 0 Å². The molecule has 0 spiro atoms. The van der Waals surface area contributed by atoms with Crippen molar-refractivity contribution in [1.82, 2.24) is 0 Å². The summed E-state index contributed by atoms with van der Waals surface area (Å²) in [6, 6.07) is 1.15. The van der Waals surface area contributed by atoms with Crippen LogP contribution >= 0.6 is 0 Å². The van der Waals surface area contributed by atoms with Crippen molar-refractivity contribution < 1.29 is 45.8 Å². The Bertz CT molecular complexity index is 153. The van der Waals surface area contributed by atoms with Crippen molar-refractivity contribution in [2.24, 2.45) is 0 Å². The largest absolute Gasteiger partial charge is 1.00 e. The molecule has 0 aliphatic heterocycles. The summed E-state index contributed by atoms with van der Waals surface area (Å²) in [4.78, 5) is 0. The number of rotatable bonds is 2. The minimum atomic E-state index is 0. The highest BCUT2D eigenvalue weighted by Gasteiger charge is 2.30. The fourth-order valence-corrected chi connectivity index (χ4v) is 1.70. The molecule has 0 aromatic carbocycles. The summed E-state index contributed by atoms with van der Waals surface area (Å²) < 4.78 is 10.1. The number of hydrogen-bond acceptors (Lipinski definition) is 2. The molecule has 0 heterocycles. The van der Waals surface area contributed by atoms with Crippen LogP contribution in [0.15, 0.2) is 0 Å².